The molecule has 0 amide bonds. The van der Waals surface area contributed by atoms with Crippen LogP contribution in [0, 0.1) is 11.8 Å². The average molecular weight is 374 g/mol. The van der Waals surface area contributed by atoms with Crippen LogP contribution in [0.5, 0.6) is 0 Å². The monoisotopic (exact) mass is 373 g/mol. The number of allylic oxidation sites excluding steroid dienone is 5. The van der Waals surface area contributed by atoms with Crippen molar-refractivity contribution in [2.24, 2.45) is 11.8 Å². The van der Waals surface area contributed by atoms with E-state index in [1.165, 1.54) is 18.4 Å². The maximum absolute atomic E-state index is 6.19. The van der Waals surface area contributed by atoms with Gasteiger partial charge in [-0.05, 0) is 67.7 Å². The van der Waals surface area contributed by atoms with E-state index in [2.05, 4.69) is 50.0 Å². The van der Waals surface area contributed by atoms with Crippen LogP contribution in [0.15, 0.2) is 47.8 Å². The molecule has 144 valence electrons. The zero-order valence-electron chi connectivity index (χ0n) is 16.5. The van der Waals surface area contributed by atoms with E-state index in [-0.39, 0.29) is 0 Å². The summed E-state index contributed by atoms with van der Waals surface area (Å²) in [6.07, 6.45) is 17.0. The summed E-state index contributed by atoms with van der Waals surface area (Å²) in [6.45, 7) is 10.5. The van der Waals surface area contributed by atoms with Crippen LogP contribution in [0.4, 0.5) is 0 Å². The predicted molar refractivity (Wildman–Crippen MR) is 116 cm³/mol. The summed E-state index contributed by atoms with van der Waals surface area (Å²) in [4.78, 5) is 0. The first-order valence-electron chi connectivity index (χ1n) is 10.3. The van der Waals surface area contributed by atoms with Gasteiger partial charge >= 0.3 is 0 Å². The number of thiocarbonyl (C=S) groups is 1. The van der Waals surface area contributed by atoms with Gasteiger partial charge in [-0.2, -0.15) is 0 Å². The number of rotatable bonds is 10. The molecule has 0 bridgehead atoms. The van der Waals surface area contributed by atoms with E-state index < -0.39 is 0 Å². The molecule has 0 radical (unpaired) electrons. The van der Waals surface area contributed by atoms with Crippen LogP contribution in [0.1, 0.15) is 58.8 Å². The number of fused-ring (bicyclic) bond motifs is 1. The van der Waals surface area contributed by atoms with E-state index in [1.54, 1.807) is 5.37 Å². The minimum Gasteiger partial charge on any atom is -0.493 e. The molecule has 1 N–H and O–H groups in total. The van der Waals surface area contributed by atoms with Crippen LogP contribution < -0.4 is 5.32 Å². The Morgan fingerprint density at radius 2 is 2.08 bits per heavy atom. The van der Waals surface area contributed by atoms with Gasteiger partial charge in [-0.1, -0.05) is 63.7 Å². The Bertz CT molecular complexity index is 561. The van der Waals surface area contributed by atoms with Gasteiger partial charge in [-0.25, -0.2) is 0 Å². The molecule has 2 nitrogen and oxygen atoms in total. The smallest absolute Gasteiger partial charge is 0.122 e. The Morgan fingerprint density at radius 1 is 1.27 bits per heavy atom. The van der Waals surface area contributed by atoms with Gasteiger partial charge in [0.2, 0.25) is 0 Å². The van der Waals surface area contributed by atoms with E-state index in [9.17, 15) is 0 Å². The van der Waals surface area contributed by atoms with E-state index in [0.29, 0.717) is 17.9 Å². The fraction of sp³-hybridized carbons (Fsp3) is 0.609. The number of hydrogen-bond donors (Lipinski definition) is 1. The molecule has 0 aliphatic heterocycles. The normalized spacial score (nSPS) is 25.4. The summed E-state index contributed by atoms with van der Waals surface area (Å²) in [6, 6.07) is 0.404. The molecule has 2 aliphatic carbocycles. The molecular weight excluding hydrogens is 338 g/mol. The van der Waals surface area contributed by atoms with E-state index in [1.807, 2.05) is 0 Å². The highest BCUT2D eigenvalue weighted by Gasteiger charge is 2.28. The van der Waals surface area contributed by atoms with Crippen molar-refractivity contribution in [1.82, 2.24) is 5.32 Å². The van der Waals surface area contributed by atoms with Crippen LogP contribution in [0.2, 0.25) is 0 Å². The quantitative estimate of drug-likeness (QED) is 0.292. The molecule has 0 aromatic heterocycles. The Balaban J connectivity index is 2.19. The first-order chi connectivity index (χ1) is 12.7. The van der Waals surface area contributed by atoms with Crippen molar-refractivity contribution in [2.75, 3.05) is 13.2 Å². The standard InChI is InChI=1S/C23H35NOS/c1-4-6-13-24-21-11-12-23(25-14-7-5-2)22-10-8-9-19(18(3)17-26)15-20(22)16-21/h8,10-12,17,19-21,24H,3-7,9,13-16H2,1-2H3. The van der Waals surface area contributed by atoms with Crippen LogP contribution >= 0.6 is 12.2 Å². The van der Waals surface area contributed by atoms with E-state index >= 15 is 0 Å². The van der Waals surface area contributed by atoms with Crippen molar-refractivity contribution in [2.45, 2.75) is 64.8 Å². The Kier molecular flexibility index (Phi) is 9.35. The van der Waals surface area contributed by atoms with Crippen molar-refractivity contribution in [3.63, 3.8) is 0 Å². The molecule has 0 saturated heterocycles. The molecular formula is C23H35NOS. The van der Waals surface area contributed by atoms with Crippen LogP contribution in [-0.2, 0) is 4.74 Å². The van der Waals surface area contributed by atoms with E-state index in [0.717, 1.165) is 56.6 Å². The second kappa shape index (κ2) is 11.5. The number of unbranched alkanes of at least 4 members (excludes halogenated alkanes) is 2. The molecule has 3 unspecified atom stereocenters. The zero-order chi connectivity index (χ0) is 18.8. The third-order valence-corrected chi connectivity index (χ3v) is 5.70. The van der Waals surface area contributed by atoms with Crippen LogP contribution in [0.25, 0.3) is 0 Å². The molecule has 3 heteroatoms. The van der Waals surface area contributed by atoms with Crippen LogP contribution in [-0.4, -0.2) is 24.6 Å². The van der Waals surface area contributed by atoms with Crippen molar-refractivity contribution in [1.29, 1.82) is 0 Å². The molecule has 0 saturated carbocycles. The Morgan fingerprint density at radius 3 is 2.81 bits per heavy atom. The molecule has 0 aromatic rings. The number of hydrogen-bond acceptors (Lipinski definition) is 3. The zero-order valence-corrected chi connectivity index (χ0v) is 17.3. The highest BCUT2D eigenvalue weighted by atomic mass is 32.1. The lowest BCUT2D eigenvalue weighted by Crippen LogP contribution is -2.30. The maximum atomic E-state index is 6.19. The van der Waals surface area contributed by atoms with Crippen molar-refractivity contribution in [3.8, 4) is 0 Å². The minimum atomic E-state index is 0.404. The summed E-state index contributed by atoms with van der Waals surface area (Å²) in [5.74, 6) is 1.99. The Hall–Kier alpha value is -1.19. The lowest BCUT2D eigenvalue weighted by molar-refractivity contribution is 0.213. The molecule has 2 aliphatic rings. The van der Waals surface area contributed by atoms with Crippen LogP contribution in [0.3, 0.4) is 0 Å². The lowest BCUT2D eigenvalue weighted by atomic mass is 9.83. The second-order valence-electron chi connectivity index (χ2n) is 7.49. The summed E-state index contributed by atoms with van der Waals surface area (Å²) in [5, 5.41) is 5.48. The van der Waals surface area contributed by atoms with Gasteiger partial charge in [-0.3, -0.25) is 0 Å². The fourth-order valence-corrected chi connectivity index (χ4v) is 3.92. The SMILES string of the molecule is C=C(C=S)C1CC=CC2=C(OCCCC)C=CC(NCCCC)CC2C1. The second-order valence-corrected chi connectivity index (χ2v) is 7.73. The molecule has 2 rings (SSSR count). The summed E-state index contributed by atoms with van der Waals surface area (Å²) in [7, 11) is 0. The first-order valence-corrected chi connectivity index (χ1v) is 10.8. The summed E-state index contributed by atoms with van der Waals surface area (Å²) in [5.41, 5.74) is 2.45. The summed E-state index contributed by atoms with van der Waals surface area (Å²) >= 11 is 5.15. The molecule has 0 spiro atoms. The first kappa shape index (κ1) is 21.1. The third kappa shape index (κ3) is 6.21. The van der Waals surface area contributed by atoms with Crippen molar-refractivity contribution < 1.29 is 4.74 Å². The molecule has 3 atom stereocenters. The number of ether oxygens (including phenoxy) is 1. The Labute approximate surface area is 165 Å². The highest BCUT2D eigenvalue weighted by molar-refractivity contribution is 7.79. The highest BCUT2D eigenvalue weighted by Crippen LogP contribution is 2.37. The molecule has 26 heavy (non-hydrogen) atoms. The van der Waals surface area contributed by atoms with Gasteiger partial charge in [-0.15, -0.1) is 0 Å². The molecule has 0 fully saturated rings. The number of nitrogens with one attached hydrogen (secondary N) is 1. The predicted octanol–water partition coefficient (Wildman–Crippen LogP) is 5.91. The van der Waals surface area contributed by atoms with Gasteiger partial charge in [0.25, 0.3) is 0 Å². The third-order valence-electron chi connectivity index (χ3n) is 5.40. The fourth-order valence-electron chi connectivity index (χ4n) is 3.73. The minimum absolute atomic E-state index is 0.404. The summed E-state index contributed by atoms with van der Waals surface area (Å²) < 4.78 is 6.19. The lowest BCUT2D eigenvalue weighted by Gasteiger charge is -2.25. The van der Waals surface area contributed by atoms with Gasteiger partial charge in [0.15, 0.2) is 0 Å². The van der Waals surface area contributed by atoms with E-state index in [4.69, 9.17) is 17.0 Å². The topological polar surface area (TPSA) is 21.3 Å². The van der Waals surface area contributed by atoms with Gasteiger partial charge in [0, 0.05) is 11.4 Å². The van der Waals surface area contributed by atoms with Crippen molar-refractivity contribution in [3.05, 3.63) is 47.8 Å². The maximum Gasteiger partial charge on any atom is 0.122 e. The van der Waals surface area contributed by atoms with Gasteiger partial charge in [0.1, 0.15) is 5.76 Å². The molecule has 0 aromatic carbocycles. The van der Waals surface area contributed by atoms with Gasteiger partial charge in [0.05, 0.1) is 6.61 Å². The van der Waals surface area contributed by atoms with Gasteiger partial charge < -0.3 is 10.1 Å². The van der Waals surface area contributed by atoms with Crippen molar-refractivity contribution >= 4 is 17.6 Å². The average Bonchev–Trinajstić information content (AvgIpc) is 2.94. The molecule has 0 heterocycles. The largest absolute Gasteiger partial charge is 0.493 e.